The minimum atomic E-state index is -4.80. The first kappa shape index (κ1) is 24.9. The van der Waals surface area contributed by atoms with Crippen LogP contribution in [0, 0.1) is 6.92 Å². The Hall–Kier alpha value is -3.80. The number of aliphatic hydroxyl groups is 1. The Labute approximate surface area is 207 Å². The van der Waals surface area contributed by atoms with E-state index in [0.29, 0.717) is 11.3 Å². The van der Waals surface area contributed by atoms with Gasteiger partial charge in [0.1, 0.15) is 14.3 Å². The molecule has 2 unspecified atom stereocenters. The molecule has 2 aromatic carbocycles. The SMILES string of the molecule is CCOC(O)([PH2]=O)c1nnc2c(=O)[nH]c3cc(C(F)(F)F)c(-n4cc(C)nc4-c4ccccc4)cc3n12. The van der Waals surface area contributed by atoms with Gasteiger partial charge >= 0.3 is 6.18 Å². The lowest BCUT2D eigenvalue weighted by molar-refractivity contribution is -0.143. The van der Waals surface area contributed by atoms with Crippen LogP contribution in [0.15, 0.2) is 53.5 Å². The monoisotopic (exact) mass is 532 g/mol. The molecule has 0 bridgehead atoms. The van der Waals surface area contributed by atoms with Crippen LogP contribution < -0.4 is 5.56 Å². The summed E-state index contributed by atoms with van der Waals surface area (Å²) in [7, 11) is -2.03. The second kappa shape index (κ2) is 8.94. The molecule has 0 radical (unpaired) electrons. The van der Waals surface area contributed by atoms with Crippen molar-refractivity contribution < 1.29 is 27.6 Å². The third-order valence-electron chi connectivity index (χ3n) is 5.74. The zero-order valence-electron chi connectivity index (χ0n) is 19.4. The van der Waals surface area contributed by atoms with Gasteiger partial charge in [-0.2, -0.15) is 13.2 Å². The topological polar surface area (TPSA) is 127 Å². The molecule has 37 heavy (non-hydrogen) atoms. The summed E-state index contributed by atoms with van der Waals surface area (Å²) >= 11 is 0. The summed E-state index contributed by atoms with van der Waals surface area (Å²) in [5.41, 5.74) is -4.00. The summed E-state index contributed by atoms with van der Waals surface area (Å²) in [5, 5.41) is 18.4. The van der Waals surface area contributed by atoms with E-state index in [-0.39, 0.29) is 40.6 Å². The average Bonchev–Trinajstić information content (AvgIpc) is 3.49. The van der Waals surface area contributed by atoms with Gasteiger partial charge in [-0.3, -0.25) is 13.8 Å². The summed E-state index contributed by atoms with van der Waals surface area (Å²) in [4.78, 5) is 19.5. The van der Waals surface area contributed by atoms with Crippen molar-refractivity contribution in [1.82, 2.24) is 29.1 Å². The fourth-order valence-corrected chi connectivity index (χ4v) is 4.73. The first-order valence-electron chi connectivity index (χ1n) is 11.0. The van der Waals surface area contributed by atoms with Crippen molar-refractivity contribution >= 4 is 25.1 Å². The Morgan fingerprint density at radius 1 is 1.16 bits per heavy atom. The minimum absolute atomic E-state index is 0.0222. The van der Waals surface area contributed by atoms with E-state index in [1.807, 2.05) is 0 Å². The van der Waals surface area contributed by atoms with Gasteiger partial charge in [-0.05, 0) is 26.0 Å². The number of nitrogens with zero attached hydrogens (tertiary/aromatic N) is 5. The van der Waals surface area contributed by atoms with E-state index in [4.69, 9.17) is 4.74 Å². The quantitative estimate of drug-likeness (QED) is 0.253. The highest BCUT2D eigenvalue weighted by molar-refractivity contribution is 7.24. The zero-order chi connectivity index (χ0) is 26.5. The van der Waals surface area contributed by atoms with Crippen LogP contribution in [0.1, 0.15) is 24.0 Å². The number of alkyl halides is 3. The molecule has 0 aliphatic carbocycles. The number of rotatable bonds is 6. The van der Waals surface area contributed by atoms with Crippen LogP contribution in [0.4, 0.5) is 13.2 Å². The Kier molecular flexibility index (Phi) is 6.01. The third kappa shape index (κ3) is 4.14. The molecule has 2 atom stereocenters. The molecular weight excluding hydrogens is 512 g/mol. The van der Waals surface area contributed by atoms with Gasteiger partial charge in [-0.25, -0.2) is 4.98 Å². The van der Waals surface area contributed by atoms with Gasteiger partial charge < -0.3 is 19.4 Å². The Morgan fingerprint density at radius 2 is 1.89 bits per heavy atom. The molecule has 0 aliphatic heterocycles. The number of H-pyrrole nitrogens is 1. The maximum absolute atomic E-state index is 14.3. The van der Waals surface area contributed by atoms with Crippen LogP contribution in [0.5, 0.6) is 0 Å². The maximum Gasteiger partial charge on any atom is 0.418 e. The number of aromatic amines is 1. The van der Waals surface area contributed by atoms with Gasteiger partial charge in [0.25, 0.3) is 11.1 Å². The van der Waals surface area contributed by atoms with Crippen LogP contribution in [0.3, 0.4) is 0 Å². The normalized spacial score (nSPS) is 14.2. The molecule has 14 heteroatoms. The number of hydrogen-bond acceptors (Lipinski definition) is 7. The highest BCUT2D eigenvalue weighted by atomic mass is 31.1. The maximum atomic E-state index is 14.3. The number of ether oxygens (including phenoxy) is 1. The van der Waals surface area contributed by atoms with Gasteiger partial charge in [-0.15, -0.1) is 10.2 Å². The van der Waals surface area contributed by atoms with Crippen LogP contribution in [-0.4, -0.2) is 40.8 Å². The smallest absolute Gasteiger partial charge is 0.354 e. The van der Waals surface area contributed by atoms with E-state index < -0.39 is 31.3 Å². The van der Waals surface area contributed by atoms with Crippen molar-refractivity contribution in [3.05, 3.63) is 76.1 Å². The second-order valence-electron chi connectivity index (χ2n) is 8.21. The van der Waals surface area contributed by atoms with Crippen molar-refractivity contribution in [2.45, 2.75) is 25.6 Å². The van der Waals surface area contributed by atoms with E-state index in [9.17, 15) is 27.6 Å². The second-order valence-corrected chi connectivity index (χ2v) is 9.23. The van der Waals surface area contributed by atoms with Gasteiger partial charge in [0, 0.05) is 18.4 Å². The van der Waals surface area contributed by atoms with Gasteiger partial charge in [0.05, 0.1) is 28.0 Å². The number of aromatic nitrogens is 6. The minimum Gasteiger partial charge on any atom is -0.354 e. The summed E-state index contributed by atoms with van der Waals surface area (Å²) in [6.45, 7) is 3.15. The van der Waals surface area contributed by atoms with E-state index in [2.05, 4.69) is 20.2 Å². The standard InChI is InChI=1S/C23H20F3N6O4P/c1-3-36-23(34,37-35)21-30-29-19-20(33)28-15-9-14(22(24,25)26)16(10-17(15)32(19)21)31-11-12(2)27-18(31)13-7-5-4-6-8-13/h4-11,34H,3,37H2,1-2H3,(H,28,33). The van der Waals surface area contributed by atoms with Gasteiger partial charge in [0.15, 0.2) is 0 Å². The number of hydrogen-bond donors (Lipinski definition) is 2. The molecule has 0 spiro atoms. The predicted molar refractivity (Wildman–Crippen MR) is 129 cm³/mol. The molecule has 192 valence electrons. The molecule has 3 aromatic heterocycles. The van der Waals surface area contributed by atoms with E-state index in [1.165, 1.54) is 16.8 Å². The van der Waals surface area contributed by atoms with Crippen LogP contribution in [-0.2, 0) is 21.0 Å². The fraction of sp³-hybridized carbons (Fsp3) is 0.217. The predicted octanol–water partition coefficient (Wildman–Crippen LogP) is 3.65. The molecule has 0 saturated heterocycles. The molecule has 5 rings (SSSR count). The lowest BCUT2D eigenvalue weighted by Crippen LogP contribution is -2.26. The molecule has 2 N–H and O–H groups in total. The summed E-state index contributed by atoms with van der Waals surface area (Å²) < 4.78 is 62.5. The summed E-state index contributed by atoms with van der Waals surface area (Å²) in [6.07, 6.45) is -3.34. The fourth-order valence-electron chi connectivity index (χ4n) is 4.20. The van der Waals surface area contributed by atoms with Crippen LogP contribution in [0.25, 0.3) is 33.8 Å². The van der Waals surface area contributed by atoms with Crippen molar-refractivity contribution in [1.29, 1.82) is 0 Å². The molecule has 0 aliphatic rings. The number of aryl methyl sites for hydroxylation is 1. The summed E-state index contributed by atoms with van der Waals surface area (Å²) in [5.74, 6) is -0.122. The molecule has 0 saturated carbocycles. The lowest BCUT2D eigenvalue weighted by atomic mass is 10.1. The highest BCUT2D eigenvalue weighted by Crippen LogP contribution is 2.39. The number of benzene rings is 2. The van der Waals surface area contributed by atoms with Crippen LogP contribution in [0.2, 0.25) is 0 Å². The molecule has 0 fully saturated rings. The van der Waals surface area contributed by atoms with Crippen molar-refractivity contribution in [2.75, 3.05) is 6.61 Å². The molecule has 10 nitrogen and oxygen atoms in total. The number of nitrogens with one attached hydrogen (secondary N) is 1. The van der Waals surface area contributed by atoms with Crippen molar-refractivity contribution in [2.24, 2.45) is 0 Å². The van der Waals surface area contributed by atoms with Crippen molar-refractivity contribution in [3.8, 4) is 17.1 Å². The zero-order valence-corrected chi connectivity index (χ0v) is 20.6. The lowest BCUT2D eigenvalue weighted by Gasteiger charge is -2.21. The van der Waals surface area contributed by atoms with E-state index in [1.54, 1.807) is 44.2 Å². The molecule has 0 amide bonds. The Balaban J connectivity index is 1.91. The van der Waals surface area contributed by atoms with E-state index in [0.717, 1.165) is 10.5 Å². The molecular formula is C23H20F3N6O4P. The average molecular weight is 532 g/mol. The Bertz CT molecular complexity index is 1710. The van der Waals surface area contributed by atoms with Gasteiger partial charge in [0.2, 0.25) is 11.5 Å². The number of fused-ring (bicyclic) bond motifs is 3. The number of halogens is 3. The molecule has 3 heterocycles. The van der Waals surface area contributed by atoms with Crippen molar-refractivity contribution in [3.63, 3.8) is 0 Å². The largest absolute Gasteiger partial charge is 0.418 e. The first-order valence-corrected chi connectivity index (χ1v) is 12.1. The highest BCUT2D eigenvalue weighted by Gasteiger charge is 2.38. The van der Waals surface area contributed by atoms with Gasteiger partial charge in [-0.1, -0.05) is 30.3 Å². The van der Waals surface area contributed by atoms with E-state index >= 15 is 0 Å². The first-order chi connectivity index (χ1) is 17.6. The molecule has 5 aromatic rings. The third-order valence-corrected chi connectivity index (χ3v) is 6.48. The number of imidazole rings is 1. The Morgan fingerprint density at radius 3 is 2.54 bits per heavy atom. The van der Waals surface area contributed by atoms with Crippen LogP contribution >= 0.6 is 8.46 Å². The summed E-state index contributed by atoms with van der Waals surface area (Å²) in [6, 6.07) is 10.7.